The highest BCUT2D eigenvalue weighted by molar-refractivity contribution is 5.91. The second-order valence-electron chi connectivity index (χ2n) is 4.99. The van der Waals surface area contributed by atoms with Crippen LogP contribution in [0.2, 0.25) is 0 Å². The highest BCUT2D eigenvalue weighted by Gasteiger charge is 2.11. The van der Waals surface area contributed by atoms with Crippen molar-refractivity contribution in [2.75, 3.05) is 26.0 Å². The van der Waals surface area contributed by atoms with Crippen molar-refractivity contribution in [3.8, 4) is 0 Å². The molecular weight excluding hydrogens is 258 g/mol. The second kappa shape index (κ2) is 7.49. The van der Waals surface area contributed by atoms with E-state index in [0.29, 0.717) is 11.3 Å². The van der Waals surface area contributed by atoms with E-state index in [-0.39, 0.29) is 18.5 Å². The second-order valence-corrected chi connectivity index (χ2v) is 4.99. The predicted molar refractivity (Wildman–Crippen MR) is 78.0 cm³/mol. The molecule has 0 saturated heterocycles. The molecule has 3 N–H and O–H groups in total. The van der Waals surface area contributed by atoms with E-state index in [9.17, 15) is 9.59 Å². The molecule has 0 saturated carbocycles. The minimum Gasteiger partial charge on any atom is -0.481 e. The number of urea groups is 1. The van der Waals surface area contributed by atoms with Crippen LogP contribution in [0.15, 0.2) is 24.3 Å². The zero-order valence-electron chi connectivity index (χ0n) is 12.0. The molecule has 0 aliphatic rings. The number of hydrogen-bond acceptors (Lipinski definition) is 3. The number of amides is 2. The van der Waals surface area contributed by atoms with Crippen LogP contribution in [-0.4, -0.2) is 48.7 Å². The lowest BCUT2D eigenvalue weighted by atomic mass is 10.1. The van der Waals surface area contributed by atoms with E-state index in [2.05, 4.69) is 10.6 Å². The smallest absolute Gasteiger partial charge is 0.319 e. The molecule has 0 heterocycles. The van der Waals surface area contributed by atoms with Crippen LogP contribution in [0.3, 0.4) is 0 Å². The molecule has 1 aromatic carbocycles. The Bertz CT molecular complexity index is 474. The van der Waals surface area contributed by atoms with E-state index in [1.807, 2.05) is 25.9 Å². The number of likely N-dealkylation sites (N-methyl/N-ethyl adjacent to an activating group) is 1. The van der Waals surface area contributed by atoms with Gasteiger partial charge in [-0.1, -0.05) is 18.2 Å². The molecule has 110 valence electrons. The molecule has 0 spiro atoms. The number of nitrogens with zero attached hydrogens (tertiary/aromatic N) is 1. The van der Waals surface area contributed by atoms with Gasteiger partial charge in [-0.3, -0.25) is 4.79 Å². The van der Waals surface area contributed by atoms with Crippen LogP contribution in [0, 0.1) is 0 Å². The SMILES string of the molecule is CC(CN(C)C)NC(=O)Nc1ccccc1CC(=O)O. The fourth-order valence-corrected chi connectivity index (χ4v) is 1.93. The van der Waals surface area contributed by atoms with Crippen molar-refractivity contribution in [3.63, 3.8) is 0 Å². The lowest BCUT2D eigenvalue weighted by molar-refractivity contribution is -0.136. The summed E-state index contributed by atoms with van der Waals surface area (Å²) in [6.45, 7) is 2.63. The van der Waals surface area contributed by atoms with Crippen LogP contribution in [-0.2, 0) is 11.2 Å². The van der Waals surface area contributed by atoms with Crippen molar-refractivity contribution in [2.45, 2.75) is 19.4 Å². The Labute approximate surface area is 118 Å². The average molecular weight is 279 g/mol. The van der Waals surface area contributed by atoms with Gasteiger partial charge in [-0.05, 0) is 32.6 Å². The number of aliphatic carboxylic acids is 1. The molecule has 0 radical (unpaired) electrons. The fourth-order valence-electron chi connectivity index (χ4n) is 1.93. The predicted octanol–water partition coefficient (Wildman–Crippen LogP) is 1.39. The van der Waals surface area contributed by atoms with Crippen molar-refractivity contribution >= 4 is 17.7 Å². The summed E-state index contributed by atoms with van der Waals surface area (Å²) in [7, 11) is 3.86. The van der Waals surface area contributed by atoms with Gasteiger partial charge in [-0.25, -0.2) is 4.79 Å². The van der Waals surface area contributed by atoms with Crippen LogP contribution >= 0.6 is 0 Å². The Morgan fingerprint density at radius 3 is 2.55 bits per heavy atom. The van der Waals surface area contributed by atoms with Gasteiger partial charge in [0, 0.05) is 18.3 Å². The molecule has 0 aliphatic heterocycles. The molecule has 1 atom stereocenters. The number of carbonyl (C=O) groups excluding carboxylic acids is 1. The minimum atomic E-state index is -0.930. The summed E-state index contributed by atoms with van der Waals surface area (Å²) in [5, 5.41) is 14.3. The number of para-hydroxylation sites is 1. The Morgan fingerprint density at radius 2 is 1.95 bits per heavy atom. The van der Waals surface area contributed by atoms with Crippen molar-refractivity contribution in [1.29, 1.82) is 0 Å². The van der Waals surface area contributed by atoms with Gasteiger partial charge in [0.2, 0.25) is 0 Å². The fraction of sp³-hybridized carbons (Fsp3) is 0.429. The molecule has 6 heteroatoms. The summed E-state index contributed by atoms with van der Waals surface area (Å²) in [5.74, 6) is -0.930. The number of hydrogen-bond donors (Lipinski definition) is 3. The summed E-state index contributed by atoms with van der Waals surface area (Å²) < 4.78 is 0. The number of rotatable bonds is 6. The summed E-state index contributed by atoms with van der Waals surface area (Å²) in [6, 6.07) is 6.54. The van der Waals surface area contributed by atoms with Crippen molar-refractivity contribution in [3.05, 3.63) is 29.8 Å². The first-order valence-corrected chi connectivity index (χ1v) is 6.40. The van der Waals surface area contributed by atoms with Gasteiger partial charge in [0.25, 0.3) is 0 Å². The number of carbonyl (C=O) groups is 2. The van der Waals surface area contributed by atoms with E-state index in [4.69, 9.17) is 5.11 Å². The first-order chi connectivity index (χ1) is 9.38. The molecule has 0 aromatic heterocycles. The van der Waals surface area contributed by atoms with Gasteiger partial charge in [0.05, 0.1) is 6.42 Å². The van der Waals surface area contributed by atoms with E-state index in [1.54, 1.807) is 24.3 Å². The van der Waals surface area contributed by atoms with Crippen LogP contribution in [0.5, 0.6) is 0 Å². The Hall–Kier alpha value is -2.08. The van der Waals surface area contributed by atoms with Crippen LogP contribution in [0.25, 0.3) is 0 Å². The Kier molecular flexibility index (Phi) is 5.99. The summed E-state index contributed by atoms with van der Waals surface area (Å²) in [5.41, 5.74) is 1.10. The Balaban J connectivity index is 2.64. The average Bonchev–Trinajstić information content (AvgIpc) is 2.29. The highest BCUT2D eigenvalue weighted by Crippen LogP contribution is 2.15. The molecule has 2 amide bonds. The quantitative estimate of drug-likeness (QED) is 0.735. The zero-order valence-corrected chi connectivity index (χ0v) is 12.0. The standard InChI is InChI=1S/C14H21N3O3/c1-10(9-17(2)3)15-14(20)16-12-7-5-4-6-11(12)8-13(18)19/h4-7,10H,8-9H2,1-3H3,(H,18,19)(H2,15,16,20). The number of benzene rings is 1. The van der Waals surface area contributed by atoms with E-state index < -0.39 is 5.97 Å². The van der Waals surface area contributed by atoms with Gasteiger partial charge < -0.3 is 20.6 Å². The molecule has 6 nitrogen and oxygen atoms in total. The number of carboxylic acid groups (broad SMARTS) is 1. The van der Waals surface area contributed by atoms with Gasteiger partial charge in [-0.2, -0.15) is 0 Å². The van der Waals surface area contributed by atoms with Gasteiger partial charge in [0.15, 0.2) is 0 Å². The maximum Gasteiger partial charge on any atom is 0.319 e. The zero-order chi connectivity index (χ0) is 15.1. The van der Waals surface area contributed by atoms with E-state index >= 15 is 0 Å². The monoisotopic (exact) mass is 279 g/mol. The van der Waals surface area contributed by atoms with Crippen molar-refractivity contribution in [2.24, 2.45) is 0 Å². The molecule has 0 fully saturated rings. The summed E-state index contributed by atoms with van der Waals surface area (Å²) in [6.07, 6.45) is -0.121. The highest BCUT2D eigenvalue weighted by atomic mass is 16.4. The molecule has 0 bridgehead atoms. The first kappa shape index (κ1) is 16.0. The third-order valence-corrected chi connectivity index (χ3v) is 2.62. The number of nitrogens with one attached hydrogen (secondary N) is 2. The van der Waals surface area contributed by atoms with E-state index in [0.717, 1.165) is 6.54 Å². The molecule has 0 aliphatic carbocycles. The van der Waals surface area contributed by atoms with Crippen LogP contribution in [0.4, 0.5) is 10.5 Å². The van der Waals surface area contributed by atoms with Crippen molar-refractivity contribution in [1.82, 2.24) is 10.2 Å². The molecule has 1 unspecified atom stereocenters. The normalized spacial score (nSPS) is 12.0. The maximum absolute atomic E-state index is 11.9. The van der Waals surface area contributed by atoms with Gasteiger partial charge in [-0.15, -0.1) is 0 Å². The summed E-state index contributed by atoms with van der Waals surface area (Å²) >= 11 is 0. The first-order valence-electron chi connectivity index (χ1n) is 6.40. The van der Waals surface area contributed by atoms with Gasteiger partial charge >= 0.3 is 12.0 Å². The third kappa shape index (κ3) is 5.71. The van der Waals surface area contributed by atoms with Crippen molar-refractivity contribution < 1.29 is 14.7 Å². The molecule has 1 aromatic rings. The van der Waals surface area contributed by atoms with E-state index in [1.165, 1.54) is 0 Å². The van der Waals surface area contributed by atoms with Crippen LogP contribution < -0.4 is 10.6 Å². The summed E-state index contributed by atoms with van der Waals surface area (Å²) in [4.78, 5) is 24.6. The Morgan fingerprint density at radius 1 is 1.30 bits per heavy atom. The third-order valence-electron chi connectivity index (χ3n) is 2.62. The molecule has 20 heavy (non-hydrogen) atoms. The van der Waals surface area contributed by atoms with Crippen LogP contribution in [0.1, 0.15) is 12.5 Å². The van der Waals surface area contributed by atoms with Gasteiger partial charge in [0.1, 0.15) is 0 Å². The molecular formula is C14H21N3O3. The minimum absolute atomic E-state index is 0.00311. The maximum atomic E-state index is 11.9. The number of anilines is 1. The topological polar surface area (TPSA) is 81.7 Å². The lowest BCUT2D eigenvalue weighted by Crippen LogP contribution is -2.41. The molecule has 1 rings (SSSR count). The lowest BCUT2D eigenvalue weighted by Gasteiger charge is -2.19. The largest absolute Gasteiger partial charge is 0.481 e. The number of carboxylic acids is 1.